The van der Waals surface area contributed by atoms with Gasteiger partial charge in [-0.1, -0.05) is 166 Å². The van der Waals surface area contributed by atoms with E-state index in [1.165, 1.54) is 69.3 Å². The number of unbranched alkanes of at least 4 members (excludes halogenated alkanes) is 3. The molecule has 1 fully saturated rings. The second kappa shape index (κ2) is 34.4. The number of ether oxygens (including phenoxy) is 6. The summed E-state index contributed by atoms with van der Waals surface area (Å²) in [6, 6.07) is 49.0. The van der Waals surface area contributed by atoms with E-state index in [9.17, 15) is 0 Å². The van der Waals surface area contributed by atoms with Crippen LogP contribution in [0.15, 0.2) is 127 Å². The van der Waals surface area contributed by atoms with Gasteiger partial charge in [0.2, 0.25) is 0 Å². The van der Waals surface area contributed by atoms with E-state index in [2.05, 4.69) is 197 Å². The molecular formula is C61H90AuB2KO7P2+2. The summed E-state index contributed by atoms with van der Waals surface area (Å²) in [6.45, 7) is 31.0. The molecule has 0 aromatic heterocycles. The predicted molar refractivity (Wildman–Crippen MR) is 317 cm³/mol. The largest absolute Gasteiger partial charge is 1.00 e. The standard InChI is InChI=1S/C43H50B2OP2.C12H24O6.C6H14.Au.K/c1-30(2)47(31(3)4)41-28-18-16-26-39(41)44-35-22-12-14-24-37(35)45(38-25-15-13-23-36(38)44,46-43(44)34-20-10-9-11-21-34)40-27-17-19-29-42(40)48(32(5)6)33(7)8;1-2-14-5-6-16-9-10-18-12-11-17-8-7-15-4-3-13-1;1-3-5-6-4-2;;/h9-33,43H,1-8H3;1-12H2;3-6H2,1-2H3;;/q-2;;;2*+1/p+2/t43-,44?,45?;;;;/m0..../s1. The van der Waals surface area contributed by atoms with Crippen LogP contribution in [0.3, 0.4) is 0 Å². The van der Waals surface area contributed by atoms with Crippen LogP contribution in [0.25, 0.3) is 0 Å². The van der Waals surface area contributed by atoms with Gasteiger partial charge in [0.05, 0.1) is 113 Å². The van der Waals surface area contributed by atoms with Gasteiger partial charge in [-0.2, -0.15) is 5.46 Å². The van der Waals surface area contributed by atoms with Crippen molar-refractivity contribution < 1.29 is 107 Å². The normalized spacial score (nSPS) is 20.5. The monoisotopic (exact) mass is 1250 g/mol. The van der Waals surface area contributed by atoms with Crippen molar-refractivity contribution in [3.63, 3.8) is 0 Å². The second-order valence-electron chi connectivity index (χ2n) is 21.0. The maximum Gasteiger partial charge on any atom is 1.00 e. The van der Waals surface area contributed by atoms with E-state index in [1.54, 1.807) is 5.30 Å². The molecule has 2 bridgehead atoms. The molecule has 0 saturated carbocycles. The van der Waals surface area contributed by atoms with E-state index in [0.717, 1.165) is 0 Å². The summed E-state index contributed by atoms with van der Waals surface area (Å²) >= 11 is 0. The quantitative estimate of drug-likeness (QED) is 0.0898. The van der Waals surface area contributed by atoms with Crippen LogP contribution in [-0.2, 0) is 55.5 Å². The van der Waals surface area contributed by atoms with E-state index in [1.807, 2.05) is 0 Å². The third-order valence-electron chi connectivity index (χ3n) is 14.9. The Kier molecular flexibility index (Phi) is 30.5. The smallest absolute Gasteiger partial charge is 0.601 e. The summed E-state index contributed by atoms with van der Waals surface area (Å²) in [5.41, 5.74) is 12.4. The summed E-state index contributed by atoms with van der Waals surface area (Å²) in [7, 11) is -1.81. The molecule has 1 saturated heterocycles. The van der Waals surface area contributed by atoms with Gasteiger partial charge in [-0.15, -0.1) is 5.46 Å². The molecule has 5 aromatic rings. The Hall–Kier alpha value is -0.814. The predicted octanol–water partition coefficient (Wildman–Crippen LogP) is 5.75. The minimum Gasteiger partial charge on any atom is -0.601 e. The van der Waals surface area contributed by atoms with Crippen LogP contribution < -0.4 is 94.8 Å². The second-order valence-corrected chi connectivity index (χ2v) is 28.5. The van der Waals surface area contributed by atoms with Gasteiger partial charge in [0.15, 0.2) is 6.35 Å². The van der Waals surface area contributed by atoms with Crippen molar-refractivity contribution in [2.75, 3.05) is 79.3 Å². The van der Waals surface area contributed by atoms with Crippen LogP contribution in [0, 0.1) is 0 Å². The van der Waals surface area contributed by atoms with Crippen LogP contribution in [0.1, 0.15) is 106 Å². The summed E-state index contributed by atoms with van der Waals surface area (Å²) in [5, 5.41) is 3.12. The van der Waals surface area contributed by atoms with Crippen LogP contribution in [0.4, 0.5) is 0 Å². The van der Waals surface area contributed by atoms with Crippen LogP contribution in [-0.4, -0.2) is 114 Å². The fourth-order valence-corrected chi connectivity index (χ4v) is 19.3. The Labute approximate surface area is 509 Å². The first-order valence-corrected chi connectivity index (χ1v) is 31.0. The molecule has 402 valence electrons. The molecular weight excluding hydrogens is 1160 g/mol. The van der Waals surface area contributed by atoms with Crippen molar-refractivity contribution in [3.8, 4) is 0 Å². The summed E-state index contributed by atoms with van der Waals surface area (Å²) in [4.78, 5) is 0. The number of fused-ring (bicyclic) bond motifs is 1. The number of hydrogen-bond donors (Lipinski definition) is 0. The van der Waals surface area contributed by atoms with E-state index in [-0.39, 0.29) is 79.8 Å². The molecule has 0 N–H and O–H groups in total. The Morgan fingerprint density at radius 3 is 1.01 bits per heavy atom. The van der Waals surface area contributed by atoms with Gasteiger partial charge < -0.3 is 33.1 Å². The van der Waals surface area contributed by atoms with Gasteiger partial charge in [0, 0.05) is 15.8 Å². The molecule has 13 heteroatoms. The van der Waals surface area contributed by atoms with Crippen molar-refractivity contribution in [2.45, 2.75) is 124 Å². The SMILES string of the molecule is C1COCCOCCOCCOCCOCCO1.CC(C)[PH+](c1ccccc1[B-]12O[C@@H](c3ccccc3)[B-](c3ccccc3[PH+](C(C)C)C(C)C)(c3ccccc31)c1ccccc12)C(C)C.CCCCCC.[Au+].[K+]. The third-order valence-corrected chi connectivity index (χ3v) is 22.1. The topological polar surface area (TPSA) is 64.6 Å². The Balaban J connectivity index is 0.000000381. The minimum absolute atomic E-state index is 0. The Morgan fingerprint density at radius 2 is 0.676 bits per heavy atom. The van der Waals surface area contributed by atoms with Gasteiger partial charge in [0.1, 0.15) is 6.15 Å². The minimum atomic E-state index is -1.73. The molecule has 0 unspecified atom stereocenters. The molecule has 0 amide bonds. The zero-order valence-electron chi connectivity index (χ0n) is 47.1. The molecule has 1 atom stereocenters. The third kappa shape index (κ3) is 16.2. The van der Waals surface area contributed by atoms with Gasteiger partial charge >= 0.3 is 73.8 Å². The molecule has 4 aliphatic heterocycles. The van der Waals surface area contributed by atoms with Crippen LogP contribution >= 0.6 is 15.8 Å². The molecule has 0 radical (unpaired) electrons. The molecule has 4 aliphatic rings. The fourth-order valence-electron chi connectivity index (χ4n) is 12.3. The first kappa shape index (κ1) is 65.7. The molecule has 4 heterocycles. The molecule has 7 nitrogen and oxygen atoms in total. The zero-order chi connectivity index (χ0) is 51.4. The van der Waals surface area contributed by atoms with E-state index in [4.69, 9.17) is 33.1 Å². The van der Waals surface area contributed by atoms with Gasteiger partial charge in [-0.25, -0.2) is 21.9 Å². The van der Waals surface area contributed by atoms with E-state index >= 15 is 0 Å². The average Bonchev–Trinajstić information content (AvgIpc) is 3.38. The van der Waals surface area contributed by atoms with Crippen LogP contribution in [0.2, 0.25) is 0 Å². The fraction of sp³-hybridized carbons (Fsp3) is 0.508. The molecule has 0 spiro atoms. The van der Waals surface area contributed by atoms with Gasteiger partial charge in [-0.05, 0) is 67.5 Å². The average molecular weight is 1260 g/mol. The van der Waals surface area contributed by atoms with Crippen molar-refractivity contribution in [1.29, 1.82) is 0 Å². The van der Waals surface area contributed by atoms with Crippen molar-refractivity contribution >= 4 is 71.7 Å². The molecule has 74 heavy (non-hydrogen) atoms. The van der Waals surface area contributed by atoms with Crippen molar-refractivity contribution in [1.82, 2.24) is 0 Å². The molecule has 9 rings (SSSR count). The maximum absolute atomic E-state index is 8.18. The van der Waals surface area contributed by atoms with Crippen molar-refractivity contribution in [3.05, 3.63) is 133 Å². The Bertz CT molecular complexity index is 2200. The number of rotatable bonds is 12. The maximum atomic E-state index is 8.18. The summed E-state index contributed by atoms with van der Waals surface area (Å²) < 4.78 is 40.1. The molecule has 0 aliphatic carbocycles. The van der Waals surface area contributed by atoms with Gasteiger partial charge in [-0.3, -0.25) is 0 Å². The first-order chi connectivity index (χ1) is 35.1. The number of benzene rings is 5. The van der Waals surface area contributed by atoms with Crippen molar-refractivity contribution in [2.24, 2.45) is 0 Å². The molecule has 5 aromatic carbocycles. The first-order valence-electron chi connectivity index (χ1n) is 27.7. The van der Waals surface area contributed by atoms with Gasteiger partial charge in [0.25, 0.3) is 0 Å². The number of hydrogen-bond acceptors (Lipinski definition) is 7. The van der Waals surface area contributed by atoms with Crippen LogP contribution in [0.5, 0.6) is 0 Å². The summed E-state index contributed by atoms with van der Waals surface area (Å²) in [6.07, 6.45) is 2.27. The summed E-state index contributed by atoms with van der Waals surface area (Å²) in [5.74, 6) is 0. The zero-order valence-corrected chi connectivity index (χ0v) is 54.4. The van der Waals surface area contributed by atoms with E-state index < -0.39 is 28.3 Å². The Morgan fingerprint density at radius 1 is 0.392 bits per heavy atom. The van der Waals surface area contributed by atoms with E-state index in [0.29, 0.717) is 102 Å².